The SMILES string of the molecule is C[C@@]1(CS(=O)(=O)Cl)CCOC1. The van der Waals surface area contributed by atoms with Gasteiger partial charge in [-0.2, -0.15) is 0 Å². The van der Waals surface area contributed by atoms with E-state index in [2.05, 4.69) is 0 Å². The van der Waals surface area contributed by atoms with Gasteiger partial charge in [-0.3, -0.25) is 0 Å². The summed E-state index contributed by atoms with van der Waals surface area (Å²) in [5, 5.41) is 0. The second-order valence-electron chi connectivity index (χ2n) is 3.30. The van der Waals surface area contributed by atoms with Crippen molar-refractivity contribution >= 4 is 19.7 Å². The van der Waals surface area contributed by atoms with E-state index in [1.807, 2.05) is 6.92 Å². The third-order valence-corrected chi connectivity index (χ3v) is 3.19. The molecule has 0 unspecified atom stereocenters. The van der Waals surface area contributed by atoms with E-state index in [0.29, 0.717) is 13.2 Å². The van der Waals surface area contributed by atoms with Crippen LogP contribution < -0.4 is 0 Å². The van der Waals surface area contributed by atoms with Crippen LogP contribution in [0.15, 0.2) is 0 Å². The summed E-state index contributed by atoms with van der Waals surface area (Å²) in [6.45, 7) is 3.02. The van der Waals surface area contributed by atoms with E-state index in [9.17, 15) is 8.42 Å². The van der Waals surface area contributed by atoms with E-state index >= 15 is 0 Å². The molecule has 1 aliphatic rings. The zero-order chi connectivity index (χ0) is 8.54. The van der Waals surface area contributed by atoms with Crippen LogP contribution in [0.1, 0.15) is 13.3 Å². The van der Waals surface area contributed by atoms with Crippen LogP contribution in [0.3, 0.4) is 0 Å². The fraction of sp³-hybridized carbons (Fsp3) is 1.00. The molecule has 0 spiro atoms. The lowest BCUT2D eigenvalue weighted by atomic mass is 9.93. The van der Waals surface area contributed by atoms with Gasteiger partial charge in [0.15, 0.2) is 0 Å². The monoisotopic (exact) mass is 198 g/mol. The normalized spacial score (nSPS) is 32.5. The molecular weight excluding hydrogens is 188 g/mol. The lowest BCUT2D eigenvalue weighted by molar-refractivity contribution is 0.167. The molecule has 0 aromatic heterocycles. The molecule has 0 bridgehead atoms. The molecule has 1 heterocycles. The van der Waals surface area contributed by atoms with Gasteiger partial charge in [-0.15, -0.1) is 0 Å². The number of ether oxygens (including phenoxy) is 1. The van der Waals surface area contributed by atoms with Crippen LogP contribution in [0.25, 0.3) is 0 Å². The minimum Gasteiger partial charge on any atom is -0.381 e. The number of hydrogen-bond donors (Lipinski definition) is 0. The van der Waals surface area contributed by atoms with Gasteiger partial charge in [0.25, 0.3) is 0 Å². The van der Waals surface area contributed by atoms with E-state index in [1.54, 1.807) is 0 Å². The van der Waals surface area contributed by atoms with Crippen LogP contribution in [0, 0.1) is 5.41 Å². The minimum absolute atomic E-state index is 0.0154. The van der Waals surface area contributed by atoms with Crippen molar-refractivity contribution in [3.63, 3.8) is 0 Å². The molecule has 0 saturated carbocycles. The first-order valence-corrected chi connectivity index (χ1v) is 5.89. The molecule has 5 heteroatoms. The van der Waals surface area contributed by atoms with Gasteiger partial charge in [0.1, 0.15) is 0 Å². The van der Waals surface area contributed by atoms with Crippen molar-refractivity contribution in [1.82, 2.24) is 0 Å². The van der Waals surface area contributed by atoms with E-state index in [1.165, 1.54) is 0 Å². The number of halogens is 1. The highest BCUT2D eigenvalue weighted by Gasteiger charge is 2.33. The highest BCUT2D eigenvalue weighted by Crippen LogP contribution is 2.30. The summed E-state index contributed by atoms with van der Waals surface area (Å²) in [5.74, 6) is 0.0154. The van der Waals surface area contributed by atoms with Crippen LogP contribution in [-0.4, -0.2) is 27.4 Å². The zero-order valence-corrected chi connectivity index (χ0v) is 7.91. The summed E-state index contributed by atoms with van der Waals surface area (Å²) in [5.41, 5.74) is -0.263. The fourth-order valence-electron chi connectivity index (χ4n) is 1.24. The standard InChI is InChI=1S/C6H11ClO3S/c1-6(2-3-10-4-6)5-11(7,8)9/h2-5H2,1H3/t6-/m1/s1. The van der Waals surface area contributed by atoms with Gasteiger partial charge < -0.3 is 4.74 Å². The van der Waals surface area contributed by atoms with Gasteiger partial charge in [-0.05, 0) is 6.42 Å². The molecule has 11 heavy (non-hydrogen) atoms. The highest BCUT2D eigenvalue weighted by molar-refractivity contribution is 8.13. The van der Waals surface area contributed by atoms with Crippen molar-refractivity contribution in [2.45, 2.75) is 13.3 Å². The maximum atomic E-state index is 10.7. The fourth-order valence-corrected chi connectivity index (χ4v) is 3.09. The van der Waals surface area contributed by atoms with E-state index < -0.39 is 9.05 Å². The minimum atomic E-state index is -3.37. The van der Waals surface area contributed by atoms with Crippen molar-refractivity contribution in [3.05, 3.63) is 0 Å². The molecule has 1 fully saturated rings. The zero-order valence-electron chi connectivity index (χ0n) is 6.34. The van der Waals surface area contributed by atoms with Crippen LogP contribution in [0.4, 0.5) is 0 Å². The Morgan fingerprint density at radius 3 is 2.64 bits per heavy atom. The summed E-state index contributed by atoms with van der Waals surface area (Å²) in [7, 11) is 1.75. The molecule has 1 saturated heterocycles. The Morgan fingerprint density at radius 2 is 2.27 bits per heavy atom. The molecule has 0 aromatic carbocycles. The molecule has 0 amide bonds. The van der Waals surface area contributed by atoms with Crippen molar-refractivity contribution < 1.29 is 13.2 Å². The number of rotatable bonds is 2. The molecule has 1 atom stereocenters. The molecule has 1 rings (SSSR count). The van der Waals surface area contributed by atoms with E-state index in [0.717, 1.165) is 6.42 Å². The lowest BCUT2D eigenvalue weighted by Crippen LogP contribution is -2.24. The topological polar surface area (TPSA) is 43.4 Å². The molecule has 0 N–H and O–H groups in total. The maximum Gasteiger partial charge on any atom is 0.233 e. The van der Waals surface area contributed by atoms with Crippen LogP contribution in [-0.2, 0) is 13.8 Å². The third-order valence-electron chi connectivity index (χ3n) is 1.82. The van der Waals surface area contributed by atoms with Crippen molar-refractivity contribution in [2.24, 2.45) is 5.41 Å². The molecule has 0 radical (unpaired) electrons. The average Bonchev–Trinajstić information content (AvgIpc) is 2.09. The third kappa shape index (κ3) is 2.97. The first kappa shape index (κ1) is 9.29. The predicted octanol–water partition coefficient (Wildman–Crippen LogP) is 0.982. The predicted molar refractivity (Wildman–Crippen MR) is 43.2 cm³/mol. The Labute approximate surface area is 71.1 Å². The van der Waals surface area contributed by atoms with Gasteiger partial charge in [0.05, 0.1) is 12.4 Å². The smallest absolute Gasteiger partial charge is 0.233 e. The Bertz CT molecular complexity index is 228. The van der Waals surface area contributed by atoms with Gasteiger partial charge in [0.2, 0.25) is 9.05 Å². The van der Waals surface area contributed by atoms with Crippen molar-refractivity contribution in [2.75, 3.05) is 19.0 Å². The van der Waals surface area contributed by atoms with Crippen LogP contribution in [0.5, 0.6) is 0 Å². The lowest BCUT2D eigenvalue weighted by Gasteiger charge is -2.18. The summed E-state index contributed by atoms with van der Waals surface area (Å²) < 4.78 is 26.5. The molecule has 66 valence electrons. The van der Waals surface area contributed by atoms with Crippen LogP contribution >= 0.6 is 10.7 Å². The Balaban J connectivity index is 2.60. The number of hydrogen-bond acceptors (Lipinski definition) is 3. The van der Waals surface area contributed by atoms with Gasteiger partial charge in [-0.1, -0.05) is 6.92 Å². The van der Waals surface area contributed by atoms with Gasteiger partial charge >= 0.3 is 0 Å². The molecular formula is C6H11ClO3S. The Kier molecular flexibility index (Phi) is 2.46. The largest absolute Gasteiger partial charge is 0.381 e. The average molecular weight is 199 g/mol. The summed E-state index contributed by atoms with van der Waals surface area (Å²) in [6, 6.07) is 0. The second kappa shape index (κ2) is 2.92. The first-order valence-electron chi connectivity index (χ1n) is 3.41. The first-order chi connectivity index (χ1) is 4.91. The Morgan fingerprint density at radius 1 is 1.64 bits per heavy atom. The van der Waals surface area contributed by atoms with Crippen molar-refractivity contribution in [1.29, 1.82) is 0 Å². The Hall–Kier alpha value is 0.200. The van der Waals surface area contributed by atoms with E-state index in [-0.39, 0.29) is 11.2 Å². The highest BCUT2D eigenvalue weighted by atomic mass is 35.7. The molecule has 0 aromatic rings. The quantitative estimate of drug-likeness (QED) is 0.622. The summed E-state index contributed by atoms with van der Waals surface area (Å²) in [4.78, 5) is 0. The van der Waals surface area contributed by atoms with Gasteiger partial charge in [0, 0.05) is 22.7 Å². The molecule has 1 aliphatic heterocycles. The molecule has 0 aliphatic carbocycles. The maximum absolute atomic E-state index is 10.7. The van der Waals surface area contributed by atoms with Crippen molar-refractivity contribution in [3.8, 4) is 0 Å². The van der Waals surface area contributed by atoms with E-state index in [4.69, 9.17) is 15.4 Å². The second-order valence-corrected chi connectivity index (χ2v) is 6.07. The summed E-state index contributed by atoms with van der Waals surface area (Å²) >= 11 is 0. The van der Waals surface area contributed by atoms with Crippen LogP contribution in [0.2, 0.25) is 0 Å². The summed E-state index contributed by atoms with van der Waals surface area (Å²) in [6.07, 6.45) is 0.777. The van der Waals surface area contributed by atoms with Gasteiger partial charge in [-0.25, -0.2) is 8.42 Å². The molecule has 3 nitrogen and oxygen atoms in total.